The van der Waals surface area contributed by atoms with E-state index in [1.54, 1.807) is 0 Å². The van der Waals surface area contributed by atoms with Gasteiger partial charge in [-0.25, -0.2) is 0 Å². The normalized spacial score (nSPS) is 12.0. The van der Waals surface area contributed by atoms with E-state index in [2.05, 4.69) is 26.1 Å². The Morgan fingerprint density at radius 2 is 1.70 bits per heavy atom. The van der Waals surface area contributed by atoms with E-state index in [4.69, 9.17) is 0 Å². The lowest BCUT2D eigenvalue weighted by Crippen LogP contribution is -2.13. The lowest BCUT2D eigenvalue weighted by molar-refractivity contribution is -0.112. The number of nitrogens with one attached hydrogen (secondary N) is 1. The van der Waals surface area contributed by atoms with Crippen molar-refractivity contribution in [1.82, 2.24) is 0 Å². The van der Waals surface area contributed by atoms with Gasteiger partial charge in [0.1, 0.15) is 11.6 Å². The zero-order valence-electron chi connectivity index (χ0n) is 15.3. The van der Waals surface area contributed by atoms with Gasteiger partial charge in [-0.1, -0.05) is 56.8 Å². The zero-order chi connectivity index (χ0) is 20.0. The summed E-state index contributed by atoms with van der Waals surface area (Å²) in [6.07, 6.45) is 1.52. The number of anilines is 1. The van der Waals surface area contributed by atoms with Crippen molar-refractivity contribution in [3.63, 3.8) is 0 Å². The molecule has 0 aliphatic heterocycles. The number of alkyl halides is 2. The van der Waals surface area contributed by atoms with Crippen molar-refractivity contribution in [2.24, 2.45) is 0 Å². The van der Waals surface area contributed by atoms with Crippen molar-refractivity contribution in [1.29, 1.82) is 5.26 Å². The van der Waals surface area contributed by atoms with Crippen molar-refractivity contribution < 1.29 is 13.6 Å². The molecule has 0 saturated heterocycles. The maximum absolute atomic E-state index is 12.3. The molecule has 0 spiro atoms. The van der Waals surface area contributed by atoms with Gasteiger partial charge in [-0.15, -0.1) is 0 Å². The maximum atomic E-state index is 12.3. The molecule has 3 nitrogen and oxygen atoms in total. The Bertz CT molecular complexity index is 861. The number of nitrogens with zero attached hydrogens (tertiary/aromatic N) is 1. The SMILES string of the molecule is CC(C)(C)c1ccc(C=C(C#N)C(=O)Nc2ccc(SC(F)F)cc2)cc1. The molecule has 0 atom stereocenters. The summed E-state index contributed by atoms with van der Waals surface area (Å²) in [7, 11) is 0. The second-order valence-electron chi connectivity index (χ2n) is 6.90. The van der Waals surface area contributed by atoms with E-state index in [9.17, 15) is 18.8 Å². The molecule has 0 aliphatic rings. The summed E-state index contributed by atoms with van der Waals surface area (Å²) in [5.41, 5.74) is 2.32. The van der Waals surface area contributed by atoms with E-state index in [1.807, 2.05) is 30.3 Å². The number of benzene rings is 2. The van der Waals surface area contributed by atoms with Crippen LogP contribution in [0.2, 0.25) is 0 Å². The minimum atomic E-state index is -2.50. The molecule has 0 saturated carbocycles. The summed E-state index contributed by atoms with van der Waals surface area (Å²) in [6, 6.07) is 15.6. The van der Waals surface area contributed by atoms with Gasteiger partial charge in [0, 0.05) is 10.6 Å². The van der Waals surface area contributed by atoms with Crippen LogP contribution in [0, 0.1) is 11.3 Å². The van der Waals surface area contributed by atoms with Gasteiger partial charge in [0.25, 0.3) is 11.7 Å². The number of hydrogen-bond donors (Lipinski definition) is 1. The Balaban J connectivity index is 2.11. The standard InChI is InChI=1S/C21H20F2N2OS/c1-21(2,3)16-6-4-14(5-7-16)12-15(13-24)19(26)25-17-8-10-18(11-9-17)27-20(22)23/h4-12,20H,1-3H3,(H,25,26). The number of thioether (sulfide) groups is 1. The van der Waals surface area contributed by atoms with Crippen molar-refractivity contribution in [3.8, 4) is 6.07 Å². The lowest BCUT2D eigenvalue weighted by atomic mass is 9.86. The van der Waals surface area contributed by atoms with Gasteiger partial charge >= 0.3 is 0 Å². The molecule has 0 bridgehead atoms. The first-order chi connectivity index (χ1) is 12.7. The quantitative estimate of drug-likeness (QED) is 0.399. The lowest BCUT2D eigenvalue weighted by Gasteiger charge is -2.18. The molecule has 2 aromatic carbocycles. The molecular weight excluding hydrogens is 366 g/mol. The van der Waals surface area contributed by atoms with E-state index in [0.29, 0.717) is 22.3 Å². The number of amides is 1. The first-order valence-electron chi connectivity index (χ1n) is 8.27. The predicted molar refractivity (Wildman–Crippen MR) is 106 cm³/mol. The monoisotopic (exact) mass is 386 g/mol. The number of nitriles is 1. The Hall–Kier alpha value is -2.65. The molecule has 0 aromatic heterocycles. The van der Waals surface area contributed by atoms with Crippen LogP contribution < -0.4 is 5.32 Å². The van der Waals surface area contributed by atoms with E-state index >= 15 is 0 Å². The fraction of sp³-hybridized carbons (Fsp3) is 0.238. The Labute approximate surface area is 162 Å². The van der Waals surface area contributed by atoms with E-state index in [1.165, 1.54) is 30.3 Å². The van der Waals surface area contributed by atoms with E-state index in [-0.39, 0.29) is 11.0 Å². The molecule has 1 N–H and O–H groups in total. The average Bonchev–Trinajstić information content (AvgIpc) is 2.60. The fourth-order valence-electron chi connectivity index (χ4n) is 2.31. The van der Waals surface area contributed by atoms with Gasteiger partial charge in [0.05, 0.1) is 0 Å². The number of carbonyl (C=O) groups excluding carboxylic acids is 1. The molecule has 0 unspecified atom stereocenters. The van der Waals surface area contributed by atoms with Crippen LogP contribution in [-0.4, -0.2) is 11.7 Å². The molecule has 0 aliphatic carbocycles. The minimum Gasteiger partial charge on any atom is -0.321 e. The first-order valence-corrected chi connectivity index (χ1v) is 9.15. The van der Waals surface area contributed by atoms with Gasteiger partial charge in [0.2, 0.25) is 0 Å². The molecule has 6 heteroatoms. The topological polar surface area (TPSA) is 52.9 Å². The Morgan fingerprint density at radius 3 is 2.19 bits per heavy atom. The molecular formula is C21H20F2N2OS. The molecule has 2 aromatic rings. The van der Waals surface area contributed by atoms with Crippen molar-refractivity contribution in [2.75, 3.05) is 5.32 Å². The van der Waals surface area contributed by atoms with Gasteiger partial charge in [0.15, 0.2) is 0 Å². The molecule has 27 heavy (non-hydrogen) atoms. The van der Waals surface area contributed by atoms with Crippen LogP contribution in [-0.2, 0) is 10.2 Å². The van der Waals surface area contributed by atoms with Crippen LogP contribution in [0.25, 0.3) is 6.08 Å². The largest absolute Gasteiger partial charge is 0.321 e. The minimum absolute atomic E-state index is 0.0203. The molecule has 140 valence electrons. The maximum Gasteiger partial charge on any atom is 0.288 e. The second-order valence-corrected chi connectivity index (χ2v) is 7.96. The van der Waals surface area contributed by atoms with Crippen LogP contribution in [0.5, 0.6) is 0 Å². The highest BCUT2D eigenvalue weighted by Gasteiger charge is 2.14. The van der Waals surface area contributed by atoms with Crippen molar-refractivity contribution >= 4 is 29.4 Å². The average molecular weight is 386 g/mol. The second kappa shape index (κ2) is 8.83. The Morgan fingerprint density at radius 1 is 1.11 bits per heavy atom. The number of halogens is 2. The zero-order valence-corrected chi connectivity index (χ0v) is 16.1. The Kier molecular flexibility index (Phi) is 6.75. The van der Waals surface area contributed by atoms with Crippen LogP contribution in [0.15, 0.2) is 59.0 Å². The molecule has 0 radical (unpaired) electrons. The molecule has 0 fully saturated rings. The molecule has 2 rings (SSSR count). The van der Waals surface area contributed by atoms with Crippen LogP contribution >= 0.6 is 11.8 Å². The van der Waals surface area contributed by atoms with Crippen LogP contribution in [0.3, 0.4) is 0 Å². The third-order valence-electron chi connectivity index (χ3n) is 3.79. The fourth-order valence-corrected chi connectivity index (χ4v) is 2.81. The highest BCUT2D eigenvalue weighted by Crippen LogP contribution is 2.26. The number of rotatable bonds is 5. The van der Waals surface area contributed by atoms with Crippen LogP contribution in [0.4, 0.5) is 14.5 Å². The van der Waals surface area contributed by atoms with Crippen LogP contribution in [0.1, 0.15) is 31.9 Å². The highest BCUT2D eigenvalue weighted by molar-refractivity contribution is 7.99. The summed E-state index contributed by atoms with van der Waals surface area (Å²) in [6.45, 7) is 6.32. The third kappa shape index (κ3) is 6.22. The van der Waals surface area contributed by atoms with Gasteiger partial charge in [-0.3, -0.25) is 4.79 Å². The summed E-state index contributed by atoms with van der Waals surface area (Å²) in [5, 5.41) is 11.9. The first kappa shape index (κ1) is 20.7. The molecule has 1 amide bonds. The van der Waals surface area contributed by atoms with Crippen molar-refractivity contribution in [2.45, 2.75) is 36.8 Å². The smallest absolute Gasteiger partial charge is 0.288 e. The van der Waals surface area contributed by atoms with Gasteiger partial charge in [-0.05, 0) is 46.9 Å². The summed E-state index contributed by atoms with van der Waals surface area (Å²) in [4.78, 5) is 12.7. The van der Waals surface area contributed by atoms with Crippen molar-refractivity contribution in [3.05, 3.63) is 65.2 Å². The summed E-state index contributed by atoms with van der Waals surface area (Å²) >= 11 is 0.432. The highest BCUT2D eigenvalue weighted by atomic mass is 32.2. The summed E-state index contributed by atoms with van der Waals surface area (Å²) in [5.74, 6) is -3.05. The number of carbonyl (C=O) groups is 1. The predicted octanol–water partition coefficient (Wildman–Crippen LogP) is 5.84. The molecule has 0 heterocycles. The number of hydrogen-bond acceptors (Lipinski definition) is 3. The van der Waals surface area contributed by atoms with E-state index < -0.39 is 11.7 Å². The third-order valence-corrected chi connectivity index (χ3v) is 4.51. The summed E-state index contributed by atoms with van der Waals surface area (Å²) < 4.78 is 24.7. The van der Waals surface area contributed by atoms with Gasteiger partial charge < -0.3 is 5.32 Å². The van der Waals surface area contributed by atoms with Gasteiger partial charge in [-0.2, -0.15) is 14.0 Å². The van der Waals surface area contributed by atoms with E-state index in [0.717, 1.165) is 11.1 Å².